The van der Waals surface area contributed by atoms with Crippen molar-refractivity contribution in [2.75, 3.05) is 13.6 Å². The Morgan fingerprint density at radius 1 is 1.44 bits per heavy atom. The fourth-order valence-corrected chi connectivity index (χ4v) is 3.81. The lowest BCUT2D eigenvalue weighted by Gasteiger charge is -2.21. The van der Waals surface area contributed by atoms with Gasteiger partial charge in [0, 0.05) is 18.1 Å². The van der Waals surface area contributed by atoms with Crippen molar-refractivity contribution in [3.63, 3.8) is 0 Å². The molecular formula is C12H17BrFNO2S. The van der Waals surface area contributed by atoms with Crippen LogP contribution in [0.25, 0.3) is 0 Å². The number of halogens is 2. The lowest BCUT2D eigenvalue weighted by atomic mass is 10.1. The van der Waals surface area contributed by atoms with Gasteiger partial charge in [-0.15, -0.1) is 0 Å². The van der Waals surface area contributed by atoms with Gasteiger partial charge in [0.05, 0.1) is 4.90 Å². The summed E-state index contributed by atoms with van der Waals surface area (Å²) in [6.45, 7) is 4.45. The van der Waals surface area contributed by atoms with Crippen LogP contribution in [-0.4, -0.2) is 26.3 Å². The number of sulfonamides is 1. The van der Waals surface area contributed by atoms with E-state index in [-0.39, 0.29) is 15.3 Å². The summed E-state index contributed by atoms with van der Waals surface area (Å²) >= 11 is 3.09. The van der Waals surface area contributed by atoms with Crippen LogP contribution >= 0.6 is 15.9 Å². The second kappa shape index (κ2) is 6.12. The average molecular weight is 338 g/mol. The SMILES string of the molecule is CCC(C)CN(C)S(=O)(=O)c1ccc(F)cc1Br. The van der Waals surface area contributed by atoms with E-state index in [2.05, 4.69) is 15.9 Å². The summed E-state index contributed by atoms with van der Waals surface area (Å²) < 4.78 is 39.1. The molecule has 0 saturated carbocycles. The van der Waals surface area contributed by atoms with Gasteiger partial charge in [-0.1, -0.05) is 20.3 Å². The lowest BCUT2D eigenvalue weighted by Crippen LogP contribution is -2.31. The molecule has 0 amide bonds. The van der Waals surface area contributed by atoms with Crippen LogP contribution in [0.3, 0.4) is 0 Å². The molecule has 18 heavy (non-hydrogen) atoms. The highest BCUT2D eigenvalue weighted by atomic mass is 79.9. The molecule has 0 aliphatic heterocycles. The highest BCUT2D eigenvalue weighted by Gasteiger charge is 2.24. The smallest absolute Gasteiger partial charge is 0.207 e. The van der Waals surface area contributed by atoms with Crippen LogP contribution in [0, 0.1) is 11.7 Å². The minimum absolute atomic E-state index is 0.0923. The van der Waals surface area contributed by atoms with Crippen molar-refractivity contribution < 1.29 is 12.8 Å². The van der Waals surface area contributed by atoms with Gasteiger partial charge >= 0.3 is 0 Å². The van der Waals surface area contributed by atoms with E-state index in [0.717, 1.165) is 18.6 Å². The molecule has 0 saturated heterocycles. The Kier molecular flexibility index (Phi) is 5.31. The molecule has 0 aliphatic rings. The van der Waals surface area contributed by atoms with Crippen LogP contribution in [0.5, 0.6) is 0 Å². The second-order valence-electron chi connectivity index (χ2n) is 4.37. The summed E-state index contributed by atoms with van der Waals surface area (Å²) in [5.74, 6) is -0.186. The van der Waals surface area contributed by atoms with Gasteiger partial charge < -0.3 is 0 Å². The highest BCUT2D eigenvalue weighted by molar-refractivity contribution is 9.10. The maximum absolute atomic E-state index is 13.0. The third-order valence-electron chi connectivity index (χ3n) is 2.85. The van der Waals surface area contributed by atoms with Gasteiger partial charge in [0.1, 0.15) is 5.82 Å². The van der Waals surface area contributed by atoms with E-state index in [0.29, 0.717) is 6.54 Å². The predicted octanol–water partition coefficient (Wildman–Crippen LogP) is 3.25. The average Bonchev–Trinajstić information content (AvgIpc) is 2.28. The van der Waals surface area contributed by atoms with E-state index in [1.807, 2.05) is 13.8 Å². The minimum atomic E-state index is -3.57. The molecule has 1 rings (SSSR count). The Balaban J connectivity index is 3.06. The van der Waals surface area contributed by atoms with Crippen molar-refractivity contribution in [1.29, 1.82) is 0 Å². The lowest BCUT2D eigenvalue weighted by molar-refractivity contribution is 0.393. The molecule has 0 aliphatic carbocycles. The molecule has 1 unspecified atom stereocenters. The first-order chi connectivity index (χ1) is 8.28. The topological polar surface area (TPSA) is 37.4 Å². The molecule has 6 heteroatoms. The standard InChI is InChI=1S/C12H17BrFNO2S/c1-4-9(2)8-15(3)18(16,17)12-6-5-10(14)7-11(12)13/h5-7,9H,4,8H2,1-3H3. The largest absolute Gasteiger partial charge is 0.243 e. The second-order valence-corrected chi connectivity index (χ2v) is 7.24. The molecule has 0 spiro atoms. The number of benzene rings is 1. The third-order valence-corrected chi connectivity index (χ3v) is 5.65. The van der Waals surface area contributed by atoms with Gasteiger partial charge in [-0.05, 0) is 40.0 Å². The molecule has 1 aromatic carbocycles. The summed E-state index contributed by atoms with van der Waals surface area (Å²) in [6.07, 6.45) is 0.907. The zero-order chi connectivity index (χ0) is 13.9. The Hall–Kier alpha value is -0.460. The van der Waals surface area contributed by atoms with E-state index in [1.54, 1.807) is 0 Å². The zero-order valence-electron chi connectivity index (χ0n) is 10.7. The van der Waals surface area contributed by atoms with Crippen LogP contribution < -0.4 is 0 Å². The first-order valence-electron chi connectivity index (χ1n) is 5.70. The third kappa shape index (κ3) is 3.52. The Bertz CT molecular complexity index is 519. The van der Waals surface area contributed by atoms with Gasteiger partial charge in [0.25, 0.3) is 0 Å². The maximum atomic E-state index is 13.0. The van der Waals surface area contributed by atoms with Crippen LogP contribution in [0.2, 0.25) is 0 Å². The van der Waals surface area contributed by atoms with Crippen molar-refractivity contribution in [3.8, 4) is 0 Å². The fraction of sp³-hybridized carbons (Fsp3) is 0.500. The van der Waals surface area contributed by atoms with Crippen molar-refractivity contribution in [3.05, 3.63) is 28.5 Å². The summed E-state index contributed by atoms with van der Waals surface area (Å²) in [6, 6.07) is 3.58. The van der Waals surface area contributed by atoms with Crippen LogP contribution in [0.1, 0.15) is 20.3 Å². The summed E-state index contributed by atoms with van der Waals surface area (Å²) in [4.78, 5) is 0.0923. The fourth-order valence-electron chi connectivity index (χ4n) is 1.52. The molecule has 102 valence electrons. The van der Waals surface area contributed by atoms with Gasteiger partial charge in [0.2, 0.25) is 10.0 Å². The summed E-state index contributed by atoms with van der Waals surface area (Å²) in [5, 5.41) is 0. The number of hydrogen-bond donors (Lipinski definition) is 0. The normalized spacial score (nSPS) is 13.9. The van der Waals surface area contributed by atoms with E-state index in [1.165, 1.54) is 17.4 Å². The van der Waals surface area contributed by atoms with E-state index >= 15 is 0 Å². The van der Waals surface area contributed by atoms with Crippen molar-refractivity contribution in [2.45, 2.75) is 25.2 Å². The van der Waals surface area contributed by atoms with E-state index < -0.39 is 15.8 Å². The van der Waals surface area contributed by atoms with Gasteiger partial charge in [0.15, 0.2) is 0 Å². The molecule has 0 N–H and O–H groups in total. The van der Waals surface area contributed by atoms with E-state index in [4.69, 9.17) is 0 Å². The molecule has 0 heterocycles. The molecule has 0 fully saturated rings. The molecule has 3 nitrogen and oxygen atoms in total. The first-order valence-corrected chi connectivity index (χ1v) is 7.93. The Morgan fingerprint density at radius 2 is 2.06 bits per heavy atom. The molecule has 0 radical (unpaired) electrons. The molecule has 0 bridgehead atoms. The molecule has 0 aromatic heterocycles. The van der Waals surface area contributed by atoms with Crippen molar-refractivity contribution >= 4 is 26.0 Å². The Labute approximate surface area is 116 Å². The van der Waals surface area contributed by atoms with Gasteiger partial charge in [-0.3, -0.25) is 0 Å². The maximum Gasteiger partial charge on any atom is 0.243 e. The van der Waals surface area contributed by atoms with Gasteiger partial charge in [-0.25, -0.2) is 17.1 Å². The summed E-state index contributed by atoms with van der Waals surface area (Å²) in [7, 11) is -2.03. The first kappa shape index (κ1) is 15.6. The summed E-state index contributed by atoms with van der Waals surface area (Å²) in [5.41, 5.74) is 0. The molecule has 1 atom stereocenters. The minimum Gasteiger partial charge on any atom is -0.207 e. The number of nitrogens with zero attached hydrogens (tertiary/aromatic N) is 1. The highest BCUT2D eigenvalue weighted by Crippen LogP contribution is 2.25. The monoisotopic (exact) mass is 337 g/mol. The predicted molar refractivity (Wildman–Crippen MR) is 73.4 cm³/mol. The molecule has 1 aromatic rings. The van der Waals surface area contributed by atoms with E-state index in [9.17, 15) is 12.8 Å². The number of rotatable bonds is 5. The molecular weight excluding hydrogens is 321 g/mol. The van der Waals surface area contributed by atoms with Crippen LogP contribution in [0.4, 0.5) is 4.39 Å². The Morgan fingerprint density at radius 3 is 2.56 bits per heavy atom. The van der Waals surface area contributed by atoms with Crippen molar-refractivity contribution in [2.24, 2.45) is 5.92 Å². The zero-order valence-corrected chi connectivity index (χ0v) is 13.1. The quantitative estimate of drug-likeness (QED) is 0.826. The van der Waals surface area contributed by atoms with Crippen LogP contribution in [-0.2, 0) is 10.0 Å². The van der Waals surface area contributed by atoms with Crippen LogP contribution in [0.15, 0.2) is 27.6 Å². The van der Waals surface area contributed by atoms with Gasteiger partial charge in [-0.2, -0.15) is 0 Å². The van der Waals surface area contributed by atoms with Crippen molar-refractivity contribution in [1.82, 2.24) is 4.31 Å². The number of hydrogen-bond acceptors (Lipinski definition) is 2.